The molecule has 4 nitrogen and oxygen atoms in total. The molecule has 0 fully saturated rings. The van der Waals surface area contributed by atoms with Gasteiger partial charge in [-0.2, -0.15) is 0 Å². The third kappa shape index (κ3) is 8.11. The summed E-state index contributed by atoms with van der Waals surface area (Å²) in [6, 6.07) is 6.15. The number of aromatic hydroxyl groups is 2. The van der Waals surface area contributed by atoms with Crippen LogP contribution in [0.5, 0.6) is 11.5 Å². The van der Waals surface area contributed by atoms with E-state index in [1.165, 1.54) is 12.1 Å². The van der Waals surface area contributed by atoms with E-state index in [0.29, 0.717) is 12.5 Å². The molecule has 1 rings (SSSR count). The fourth-order valence-corrected chi connectivity index (χ4v) is 0.794. The minimum absolute atomic E-state index is 0.0764. The Kier molecular flexibility index (Phi) is 9.06. The van der Waals surface area contributed by atoms with Crippen LogP contribution in [0.3, 0.4) is 0 Å². The third-order valence-corrected chi connectivity index (χ3v) is 1.66. The SMILES string of the molecule is OBOCCCCl.Oc1ccccc1O. The second-order valence-electron chi connectivity index (χ2n) is 2.57. The molecule has 0 saturated carbocycles. The van der Waals surface area contributed by atoms with Gasteiger partial charge in [0.2, 0.25) is 0 Å². The zero-order chi connectivity index (χ0) is 11.5. The molecule has 0 spiro atoms. The molecule has 0 aliphatic rings. The molecule has 1 aromatic carbocycles. The highest BCUT2D eigenvalue weighted by molar-refractivity contribution is 6.18. The molecular weight excluding hydrogens is 218 g/mol. The Balaban J connectivity index is 0.000000265. The number of hydrogen-bond acceptors (Lipinski definition) is 4. The minimum atomic E-state index is -0.198. The Bertz CT molecular complexity index is 235. The topological polar surface area (TPSA) is 69.9 Å². The van der Waals surface area contributed by atoms with Gasteiger partial charge >= 0.3 is 7.69 Å². The maximum Gasteiger partial charge on any atom is 0.435 e. The van der Waals surface area contributed by atoms with Gasteiger partial charge in [0, 0.05) is 12.5 Å². The van der Waals surface area contributed by atoms with Crippen molar-refractivity contribution in [3.63, 3.8) is 0 Å². The van der Waals surface area contributed by atoms with E-state index in [1.54, 1.807) is 12.1 Å². The van der Waals surface area contributed by atoms with E-state index in [0.717, 1.165) is 6.42 Å². The molecule has 0 aliphatic carbocycles. The van der Waals surface area contributed by atoms with Crippen molar-refractivity contribution >= 4 is 19.3 Å². The van der Waals surface area contributed by atoms with E-state index in [2.05, 4.69) is 4.65 Å². The average Bonchev–Trinajstić information content (AvgIpc) is 2.24. The number of para-hydroxylation sites is 2. The molecule has 84 valence electrons. The standard InChI is InChI=1S/C6H6O2.C3H8BClO2/c7-5-3-1-2-4-6(5)8;5-2-1-3-7-4-6/h1-4,7-8H;4,6H,1-3H2. The quantitative estimate of drug-likeness (QED) is 0.313. The van der Waals surface area contributed by atoms with E-state index in [9.17, 15) is 0 Å². The van der Waals surface area contributed by atoms with Gasteiger partial charge in [-0.15, -0.1) is 11.6 Å². The summed E-state index contributed by atoms with van der Waals surface area (Å²) in [5.74, 6) is 0.444. The smallest absolute Gasteiger partial charge is 0.435 e. The zero-order valence-electron chi connectivity index (χ0n) is 8.27. The summed E-state index contributed by atoms with van der Waals surface area (Å²) < 4.78 is 4.54. The summed E-state index contributed by atoms with van der Waals surface area (Å²) in [5, 5.41) is 25.4. The van der Waals surface area contributed by atoms with Crippen molar-refractivity contribution < 1.29 is 19.9 Å². The number of alkyl halides is 1. The van der Waals surface area contributed by atoms with E-state index in [-0.39, 0.29) is 19.2 Å². The normalized spacial score (nSPS) is 8.93. The summed E-state index contributed by atoms with van der Waals surface area (Å²) in [6.07, 6.45) is 0.808. The van der Waals surface area contributed by atoms with Crippen LogP contribution in [-0.2, 0) is 4.65 Å². The van der Waals surface area contributed by atoms with Gasteiger partial charge in [-0.1, -0.05) is 12.1 Å². The summed E-state index contributed by atoms with van der Waals surface area (Å²) in [4.78, 5) is 0. The first-order valence-corrected chi connectivity index (χ1v) is 4.97. The summed E-state index contributed by atoms with van der Waals surface area (Å²) in [5.41, 5.74) is 0. The maximum atomic E-state index is 8.67. The Hall–Kier alpha value is -0.905. The first-order chi connectivity index (χ1) is 7.22. The van der Waals surface area contributed by atoms with E-state index >= 15 is 0 Å². The summed E-state index contributed by atoms with van der Waals surface area (Å²) in [7, 11) is -0.198. The highest BCUT2D eigenvalue weighted by Crippen LogP contribution is 2.21. The number of benzene rings is 1. The van der Waals surface area contributed by atoms with Gasteiger partial charge in [0.15, 0.2) is 11.5 Å². The molecule has 0 heterocycles. The predicted octanol–water partition coefficient (Wildman–Crippen LogP) is 0.988. The number of hydrogen-bond donors (Lipinski definition) is 3. The van der Waals surface area contributed by atoms with Crippen molar-refractivity contribution in [2.24, 2.45) is 0 Å². The Labute approximate surface area is 94.4 Å². The molecule has 0 unspecified atom stereocenters. The monoisotopic (exact) mass is 232 g/mol. The zero-order valence-corrected chi connectivity index (χ0v) is 9.02. The van der Waals surface area contributed by atoms with Crippen molar-refractivity contribution in [3.8, 4) is 11.5 Å². The lowest BCUT2D eigenvalue weighted by Gasteiger charge is -1.92. The molecule has 0 atom stereocenters. The van der Waals surface area contributed by atoms with Gasteiger partial charge in [-0.3, -0.25) is 0 Å². The molecule has 0 amide bonds. The van der Waals surface area contributed by atoms with Crippen LogP contribution in [0.4, 0.5) is 0 Å². The van der Waals surface area contributed by atoms with Crippen LogP contribution in [0.25, 0.3) is 0 Å². The van der Waals surface area contributed by atoms with Crippen molar-refractivity contribution in [3.05, 3.63) is 24.3 Å². The summed E-state index contributed by atoms with van der Waals surface area (Å²) in [6.45, 7) is 0.556. The minimum Gasteiger partial charge on any atom is -0.504 e. The van der Waals surface area contributed by atoms with Crippen molar-refractivity contribution in [1.29, 1.82) is 0 Å². The molecule has 6 heteroatoms. The highest BCUT2D eigenvalue weighted by atomic mass is 35.5. The molecule has 0 aromatic heterocycles. The van der Waals surface area contributed by atoms with Crippen LogP contribution in [0.2, 0.25) is 0 Å². The van der Waals surface area contributed by atoms with Crippen molar-refractivity contribution in [1.82, 2.24) is 0 Å². The first kappa shape index (κ1) is 14.1. The lowest BCUT2D eigenvalue weighted by molar-refractivity contribution is 0.285. The fourth-order valence-electron chi connectivity index (χ4n) is 0.685. The average molecular weight is 232 g/mol. The number of rotatable bonds is 4. The molecule has 0 radical (unpaired) electrons. The van der Waals surface area contributed by atoms with Gasteiger partial charge < -0.3 is 19.9 Å². The summed E-state index contributed by atoms with van der Waals surface area (Å²) >= 11 is 5.28. The molecule has 15 heavy (non-hydrogen) atoms. The van der Waals surface area contributed by atoms with Crippen molar-refractivity contribution in [2.75, 3.05) is 12.5 Å². The van der Waals surface area contributed by atoms with Crippen LogP contribution in [0.15, 0.2) is 24.3 Å². The lowest BCUT2D eigenvalue weighted by atomic mass is 10.3. The van der Waals surface area contributed by atoms with Gasteiger partial charge in [0.1, 0.15) is 0 Å². The Morgan fingerprint density at radius 1 is 1.20 bits per heavy atom. The van der Waals surface area contributed by atoms with Gasteiger partial charge in [0.05, 0.1) is 0 Å². The van der Waals surface area contributed by atoms with Crippen LogP contribution < -0.4 is 0 Å². The van der Waals surface area contributed by atoms with Crippen LogP contribution in [-0.4, -0.2) is 35.4 Å². The van der Waals surface area contributed by atoms with Crippen molar-refractivity contribution in [2.45, 2.75) is 6.42 Å². The molecule has 0 saturated heterocycles. The number of phenolic OH excluding ortho intramolecular Hbond substituents is 2. The van der Waals surface area contributed by atoms with Crippen LogP contribution >= 0.6 is 11.6 Å². The second-order valence-corrected chi connectivity index (χ2v) is 2.95. The van der Waals surface area contributed by atoms with Crippen LogP contribution in [0, 0.1) is 0 Å². The van der Waals surface area contributed by atoms with E-state index < -0.39 is 0 Å². The largest absolute Gasteiger partial charge is 0.504 e. The van der Waals surface area contributed by atoms with Gasteiger partial charge in [-0.05, 0) is 18.6 Å². The first-order valence-electron chi connectivity index (χ1n) is 4.44. The number of halogens is 1. The Morgan fingerprint density at radius 2 is 1.73 bits per heavy atom. The highest BCUT2D eigenvalue weighted by Gasteiger charge is 1.90. The van der Waals surface area contributed by atoms with Gasteiger partial charge in [0.25, 0.3) is 0 Å². The lowest BCUT2D eigenvalue weighted by Crippen LogP contribution is -1.98. The molecule has 0 bridgehead atoms. The maximum absolute atomic E-state index is 8.67. The number of phenols is 2. The molecule has 3 N–H and O–H groups in total. The van der Waals surface area contributed by atoms with E-state index in [1.807, 2.05) is 0 Å². The molecule has 0 aliphatic heterocycles. The molecule has 1 aromatic rings. The molecular formula is C9H14BClO4. The predicted molar refractivity (Wildman–Crippen MR) is 60.4 cm³/mol. The fraction of sp³-hybridized carbons (Fsp3) is 0.333. The third-order valence-electron chi connectivity index (χ3n) is 1.40. The van der Waals surface area contributed by atoms with E-state index in [4.69, 9.17) is 26.8 Å². The van der Waals surface area contributed by atoms with Gasteiger partial charge in [-0.25, -0.2) is 0 Å². The second kappa shape index (κ2) is 9.64. The Morgan fingerprint density at radius 3 is 2.07 bits per heavy atom. The van der Waals surface area contributed by atoms with Crippen LogP contribution in [0.1, 0.15) is 6.42 Å².